The highest BCUT2D eigenvalue weighted by atomic mass is 79.9. The van der Waals surface area contributed by atoms with Crippen LogP contribution in [-0.2, 0) is 26.0 Å². The minimum atomic E-state index is -3.75. The molecule has 0 heterocycles. The Bertz CT molecular complexity index is 1110. The molecule has 7 nitrogen and oxygen atoms in total. The van der Waals surface area contributed by atoms with Crippen molar-refractivity contribution in [3.8, 4) is 0 Å². The highest BCUT2D eigenvalue weighted by Gasteiger charge is 2.31. The Morgan fingerprint density at radius 1 is 1.06 bits per heavy atom. The Labute approximate surface area is 218 Å². The second-order valence-corrected chi connectivity index (χ2v) is 11.5. The minimum absolute atomic E-state index is 0.0270. The van der Waals surface area contributed by atoms with Gasteiger partial charge >= 0.3 is 0 Å². The van der Waals surface area contributed by atoms with Crippen molar-refractivity contribution in [1.82, 2.24) is 10.2 Å². The van der Waals surface area contributed by atoms with Crippen molar-refractivity contribution in [2.45, 2.75) is 59.0 Å². The number of rotatable bonds is 12. The zero-order chi connectivity index (χ0) is 26.2. The average Bonchev–Trinajstić information content (AvgIpc) is 2.81. The van der Waals surface area contributed by atoms with Crippen LogP contribution in [0.15, 0.2) is 53.0 Å². The maximum absolute atomic E-state index is 13.6. The van der Waals surface area contributed by atoms with Gasteiger partial charge in [-0.1, -0.05) is 60.1 Å². The van der Waals surface area contributed by atoms with Crippen LogP contribution in [0.5, 0.6) is 0 Å². The largest absolute Gasteiger partial charge is 0.352 e. The average molecular weight is 567 g/mol. The number of nitrogens with zero attached hydrogens (tertiary/aromatic N) is 2. The van der Waals surface area contributed by atoms with Gasteiger partial charge in [0, 0.05) is 17.1 Å². The second-order valence-electron chi connectivity index (χ2n) is 8.77. The van der Waals surface area contributed by atoms with Crippen LogP contribution in [0.2, 0.25) is 0 Å². The van der Waals surface area contributed by atoms with Gasteiger partial charge in [0.05, 0.1) is 11.9 Å². The molecule has 0 aliphatic carbocycles. The first-order valence-electron chi connectivity index (χ1n) is 11.9. The molecule has 9 heteroatoms. The second kappa shape index (κ2) is 13.1. The van der Waals surface area contributed by atoms with Gasteiger partial charge in [-0.2, -0.15) is 0 Å². The van der Waals surface area contributed by atoms with Crippen molar-refractivity contribution in [2.75, 3.05) is 23.7 Å². The van der Waals surface area contributed by atoms with E-state index in [1.807, 2.05) is 58.0 Å². The van der Waals surface area contributed by atoms with Crippen molar-refractivity contribution >= 4 is 43.5 Å². The van der Waals surface area contributed by atoms with Crippen molar-refractivity contribution in [2.24, 2.45) is 0 Å². The third-order valence-electron chi connectivity index (χ3n) is 5.98. The van der Waals surface area contributed by atoms with E-state index in [-0.39, 0.29) is 18.5 Å². The summed E-state index contributed by atoms with van der Waals surface area (Å²) in [6, 6.07) is 14.1. The van der Waals surface area contributed by atoms with E-state index in [9.17, 15) is 18.0 Å². The monoisotopic (exact) mass is 565 g/mol. The lowest BCUT2D eigenvalue weighted by Gasteiger charge is -2.33. The van der Waals surface area contributed by atoms with Crippen LogP contribution in [0.1, 0.15) is 44.7 Å². The molecule has 2 rings (SSSR count). The molecule has 0 saturated carbocycles. The van der Waals surface area contributed by atoms with E-state index in [0.29, 0.717) is 25.1 Å². The summed E-state index contributed by atoms with van der Waals surface area (Å²) in [7, 11) is -3.75. The lowest BCUT2D eigenvalue weighted by molar-refractivity contribution is -0.139. The predicted molar refractivity (Wildman–Crippen MR) is 145 cm³/mol. The summed E-state index contributed by atoms with van der Waals surface area (Å²) in [5, 5.41) is 2.97. The number of aryl methyl sites for hydroxylation is 1. The van der Waals surface area contributed by atoms with Gasteiger partial charge in [0.25, 0.3) is 0 Å². The molecule has 0 saturated heterocycles. The first kappa shape index (κ1) is 28.8. The van der Waals surface area contributed by atoms with Crippen LogP contribution in [0.3, 0.4) is 0 Å². The third-order valence-corrected chi connectivity index (χ3v) is 8.01. The van der Waals surface area contributed by atoms with E-state index in [4.69, 9.17) is 0 Å². The van der Waals surface area contributed by atoms with Gasteiger partial charge in [-0.3, -0.25) is 13.9 Å². The van der Waals surface area contributed by atoms with E-state index in [1.54, 1.807) is 18.2 Å². The Morgan fingerprint density at radius 2 is 1.71 bits per heavy atom. The van der Waals surface area contributed by atoms with Crippen LogP contribution < -0.4 is 9.62 Å². The van der Waals surface area contributed by atoms with E-state index in [0.717, 1.165) is 32.6 Å². The van der Waals surface area contributed by atoms with Gasteiger partial charge in [0.15, 0.2) is 0 Å². The lowest BCUT2D eigenvalue weighted by atomic mass is 10.1. The van der Waals surface area contributed by atoms with Gasteiger partial charge in [-0.05, 0) is 62.4 Å². The Hall–Kier alpha value is -2.39. The zero-order valence-electron chi connectivity index (χ0n) is 21.1. The number of amides is 2. The molecule has 35 heavy (non-hydrogen) atoms. The molecular weight excluding hydrogens is 530 g/mol. The van der Waals surface area contributed by atoms with Gasteiger partial charge in [-0.15, -0.1) is 0 Å². The Kier molecular flexibility index (Phi) is 10.8. The molecule has 2 aromatic carbocycles. The summed E-state index contributed by atoms with van der Waals surface area (Å²) in [5.41, 5.74) is 2.29. The topological polar surface area (TPSA) is 86.8 Å². The fourth-order valence-corrected chi connectivity index (χ4v) is 4.82. The number of nitrogens with one attached hydrogen (secondary N) is 1. The van der Waals surface area contributed by atoms with Crippen LogP contribution in [0, 0.1) is 6.92 Å². The molecule has 192 valence electrons. The summed E-state index contributed by atoms with van der Waals surface area (Å²) in [4.78, 5) is 28.3. The molecule has 1 N–H and O–H groups in total. The summed E-state index contributed by atoms with van der Waals surface area (Å²) < 4.78 is 27.3. The molecular formula is C26H36BrN3O4S. The number of carbonyl (C=O) groups is 2. The number of carbonyl (C=O) groups excluding carboxylic acids is 2. The number of halogens is 1. The lowest BCUT2D eigenvalue weighted by Crippen LogP contribution is -2.54. The van der Waals surface area contributed by atoms with Crippen LogP contribution in [0.4, 0.5) is 5.69 Å². The summed E-state index contributed by atoms with van der Waals surface area (Å²) in [5.74, 6) is -0.647. The van der Waals surface area contributed by atoms with Crippen LogP contribution in [0.25, 0.3) is 0 Å². The molecule has 0 radical (unpaired) electrons. The molecule has 0 aromatic heterocycles. The van der Waals surface area contributed by atoms with E-state index in [2.05, 4.69) is 21.2 Å². The fourth-order valence-electron chi connectivity index (χ4n) is 3.73. The van der Waals surface area contributed by atoms with Crippen molar-refractivity contribution in [3.05, 3.63) is 64.1 Å². The summed E-state index contributed by atoms with van der Waals surface area (Å²) >= 11 is 3.43. The van der Waals surface area contributed by atoms with Crippen molar-refractivity contribution in [1.29, 1.82) is 0 Å². The normalized spacial score (nSPS) is 13.1. The maximum Gasteiger partial charge on any atom is 0.244 e. The SMILES string of the molecule is CC[C@H](C)NC(=O)[C@H](CC)N(CCc1ccccc1)C(=O)CN(c1ccc(Br)c(C)c1)S(C)(=O)=O. The molecule has 2 aromatic rings. The maximum atomic E-state index is 13.6. The minimum Gasteiger partial charge on any atom is -0.352 e. The van der Waals surface area contributed by atoms with Crippen LogP contribution in [-0.4, -0.2) is 56.6 Å². The van der Waals surface area contributed by atoms with E-state index < -0.39 is 22.0 Å². The Balaban J connectivity index is 2.38. The number of benzene rings is 2. The van der Waals surface area contributed by atoms with Gasteiger partial charge < -0.3 is 10.2 Å². The Morgan fingerprint density at radius 3 is 2.26 bits per heavy atom. The predicted octanol–water partition coefficient (Wildman–Crippen LogP) is 4.29. The van der Waals surface area contributed by atoms with Gasteiger partial charge in [0.2, 0.25) is 21.8 Å². The highest BCUT2D eigenvalue weighted by molar-refractivity contribution is 9.10. The molecule has 0 fully saturated rings. The van der Waals surface area contributed by atoms with E-state index >= 15 is 0 Å². The van der Waals surface area contributed by atoms with Crippen molar-refractivity contribution in [3.63, 3.8) is 0 Å². The molecule has 0 bridgehead atoms. The van der Waals surface area contributed by atoms with Gasteiger partial charge in [0.1, 0.15) is 12.6 Å². The molecule has 0 aliphatic heterocycles. The third kappa shape index (κ3) is 8.35. The number of hydrogen-bond donors (Lipinski definition) is 1. The molecule has 0 aliphatic rings. The number of hydrogen-bond acceptors (Lipinski definition) is 4. The first-order chi connectivity index (χ1) is 16.5. The summed E-state index contributed by atoms with van der Waals surface area (Å²) in [6.45, 7) is 7.52. The smallest absolute Gasteiger partial charge is 0.244 e. The zero-order valence-corrected chi connectivity index (χ0v) is 23.5. The van der Waals surface area contributed by atoms with E-state index in [1.165, 1.54) is 4.90 Å². The summed E-state index contributed by atoms with van der Waals surface area (Å²) in [6.07, 6.45) is 2.82. The standard InChI is InChI=1S/C26H36BrN3O4S/c1-6-20(4)28-26(32)24(7-2)29(16-15-21-11-9-8-10-12-21)25(31)18-30(35(5,33)34)22-13-14-23(27)19(3)17-22/h8-14,17,20,24H,6-7,15-16,18H2,1-5H3,(H,28,32)/t20-,24-/m0/s1. The van der Waals surface area contributed by atoms with Crippen molar-refractivity contribution < 1.29 is 18.0 Å². The first-order valence-corrected chi connectivity index (χ1v) is 14.5. The molecule has 0 unspecified atom stereocenters. The molecule has 2 atom stereocenters. The quantitative estimate of drug-likeness (QED) is 0.416. The van der Waals surface area contributed by atoms with Gasteiger partial charge in [-0.25, -0.2) is 8.42 Å². The highest BCUT2D eigenvalue weighted by Crippen LogP contribution is 2.25. The van der Waals surface area contributed by atoms with Crippen LogP contribution >= 0.6 is 15.9 Å². The molecule has 2 amide bonds. The number of sulfonamides is 1. The number of anilines is 1. The molecule has 0 spiro atoms. The fraction of sp³-hybridized carbons (Fsp3) is 0.462.